The van der Waals surface area contributed by atoms with Crippen molar-refractivity contribution in [1.29, 1.82) is 0 Å². The Morgan fingerprint density at radius 3 is 2.90 bits per heavy atom. The number of likely N-dealkylation sites (N-methyl/N-ethyl adjacent to an activating group) is 1. The summed E-state index contributed by atoms with van der Waals surface area (Å²) in [5.41, 5.74) is 2.85. The van der Waals surface area contributed by atoms with Crippen LogP contribution in [0.1, 0.15) is 30.6 Å². The molecule has 3 aromatic heterocycles. The molecule has 1 aliphatic heterocycles. The highest BCUT2D eigenvalue weighted by Crippen LogP contribution is 2.41. The molecular formula is C21H20F2N4S2. The van der Waals surface area contributed by atoms with Crippen LogP contribution in [0.4, 0.5) is 20.2 Å². The molecule has 8 heteroatoms. The average molecular weight is 431 g/mol. The molecule has 29 heavy (non-hydrogen) atoms. The summed E-state index contributed by atoms with van der Waals surface area (Å²) in [5, 5.41) is 3.67. The lowest BCUT2D eigenvalue weighted by atomic mass is 9.89. The molecule has 4 heterocycles. The summed E-state index contributed by atoms with van der Waals surface area (Å²) in [7, 11) is 2.15. The number of benzene rings is 1. The number of rotatable bonds is 3. The van der Waals surface area contributed by atoms with Gasteiger partial charge in [0.1, 0.15) is 10.6 Å². The molecule has 0 spiro atoms. The number of hydrogen-bond donors (Lipinski definition) is 1. The normalized spacial score (nSPS) is 20.6. The number of halogens is 2. The summed E-state index contributed by atoms with van der Waals surface area (Å²) in [5.74, 6) is -0.524. The summed E-state index contributed by atoms with van der Waals surface area (Å²) in [6, 6.07) is 5.50. The zero-order chi connectivity index (χ0) is 20.1. The maximum absolute atomic E-state index is 14.7. The second-order valence-corrected chi connectivity index (χ2v) is 9.54. The van der Waals surface area contributed by atoms with E-state index in [1.165, 1.54) is 28.5 Å². The van der Waals surface area contributed by atoms with Crippen LogP contribution in [-0.4, -0.2) is 34.5 Å². The van der Waals surface area contributed by atoms with E-state index in [2.05, 4.69) is 34.2 Å². The van der Waals surface area contributed by atoms with E-state index in [-0.39, 0.29) is 11.4 Å². The van der Waals surface area contributed by atoms with Gasteiger partial charge >= 0.3 is 0 Å². The predicted octanol–water partition coefficient (Wildman–Crippen LogP) is 6.13. The van der Waals surface area contributed by atoms with Gasteiger partial charge in [0.2, 0.25) is 0 Å². The van der Waals surface area contributed by atoms with E-state index in [4.69, 9.17) is 0 Å². The van der Waals surface area contributed by atoms with E-state index < -0.39 is 11.6 Å². The second kappa shape index (κ2) is 7.27. The first kappa shape index (κ1) is 18.8. The minimum absolute atomic E-state index is 0.216. The number of thiazole rings is 1. The number of fused-ring (bicyclic) bond motifs is 2. The number of piperidine rings is 1. The highest BCUT2D eigenvalue weighted by molar-refractivity contribution is 7.18. The fourth-order valence-corrected chi connectivity index (χ4v) is 6.02. The van der Waals surface area contributed by atoms with Crippen LogP contribution in [0, 0.1) is 11.6 Å². The third kappa shape index (κ3) is 3.29. The zero-order valence-corrected chi connectivity index (χ0v) is 17.7. The van der Waals surface area contributed by atoms with Crippen molar-refractivity contribution in [2.45, 2.75) is 31.7 Å². The number of nitrogens with one attached hydrogen (secondary N) is 1. The molecular weight excluding hydrogens is 410 g/mol. The van der Waals surface area contributed by atoms with Gasteiger partial charge in [-0.2, -0.15) is 0 Å². The van der Waals surface area contributed by atoms with Gasteiger partial charge in [-0.15, -0.1) is 22.7 Å². The van der Waals surface area contributed by atoms with Crippen molar-refractivity contribution >= 4 is 54.5 Å². The Bertz CT molecular complexity index is 1200. The van der Waals surface area contributed by atoms with Crippen LogP contribution in [0.3, 0.4) is 0 Å². The monoisotopic (exact) mass is 430 g/mol. The quantitative estimate of drug-likeness (QED) is 0.425. The van der Waals surface area contributed by atoms with Gasteiger partial charge in [0.05, 0.1) is 33.3 Å². The molecule has 0 aliphatic carbocycles. The third-order valence-corrected chi connectivity index (χ3v) is 7.85. The molecule has 0 radical (unpaired) electrons. The first-order valence-corrected chi connectivity index (χ1v) is 11.3. The van der Waals surface area contributed by atoms with Crippen molar-refractivity contribution in [2.24, 2.45) is 0 Å². The molecule has 0 unspecified atom stereocenters. The van der Waals surface area contributed by atoms with Gasteiger partial charge in [-0.1, -0.05) is 0 Å². The minimum Gasteiger partial charge on any atom is -0.350 e. The Hall–Kier alpha value is -2.16. The molecule has 5 rings (SSSR count). The third-order valence-electron chi connectivity index (χ3n) is 5.88. The molecule has 1 aliphatic rings. The summed E-state index contributed by atoms with van der Waals surface area (Å²) in [4.78, 5) is 12.9. The van der Waals surface area contributed by atoms with E-state index in [0.29, 0.717) is 22.9 Å². The Morgan fingerprint density at radius 1 is 1.17 bits per heavy atom. The second-order valence-electron chi connectivity index (χ2n) is 7.60. The Labute approximate surface area is 175 Å². The summed E-state index contributed by atoms with van der Waals surface area (Å²) < 4.78 is 30.1. The van der Waals surface area contributed by atoms with Crippen LogP contribution >= 0.6 is 22.7 Å². The largest absolute Gasteiger partial charge is 0.350 e. The van der Waals surface area contributed by atoms with Crippen LogP contribution in [0.25, 0.3) is 20.4 Å². The molecule has 0 saturated carbocycles. The van der Waals surface area contributed by atoms with Crippen molar-refractivity contribution in [3.63, 3.8) is 0 Å². The van der Waals surface area contributed by atoms with Gasteiger partial charge < -0.3 is 10.2 Å². The fourth-order valence-electron chi connectivity index (χ4n) is 4.10. The topological polar surface area (TPSA) is 41.1 Å². The van der Waals surface area contributed by atoms with E-state index >= 15 is 0 Å². The molecule has 2 atom stereocenters. The van der Waals surface area contributed by atoms with Gasteiger partial charge in [0, 0.05) is 22.2 Å². The van der Waals surface area contributed by atoms with Crippen LogP contribution in [0.2, 0.25) is 0 Å². The zero-order valence-electron chi connectivity index (χ0n) is 16.1. The van der Waals surface area contributed by atoms with Crippen molar-refractivity contribution in [3.05, 3.63) is 46.4 Å². The van der Waals surface area contributed by atoms with Crippen molar-refractivity contribution in [3.8, 4) is 0 Å². The number of pyridine rings is 1. The standard InChI is InChI=1S/C21H20F2N4S2/c1-11-12(4-3-5-27(11)2)18-6-13-20(15(23)9-24-21(13)29-18)26-16-8-17-19(7-14(16)22)28-10-25-17/h6-12H,3-5H2,1-2H3,(H,24,26)/t11-,12-/m0/s1. The fraction of sp³-hybridized carbons (Fsp3) is 0.333. The van der Waals surface area contributed by atoms with Gasteiger partial charge in [0.25, 0.3) is 0 Å². The lowest BCUT2D eigenvalue weighted by molar-refractivity contribution is 0.176. The van der Waals surface area contributed by atoms with Gasteiger partial charge in [-0.25, -0.2) is 18.7 Å². The summed E-state index contributed by atoms with van der Waals surface area (Å²) >= 11 is 2.98. The smallest absolute Gasteiger partial charge is 0.165 e. The van der Waals surface area contributed by atoms with Crippen molar-refractivity contribution in [1.82, 2.24) is 14.9 Å². The van der Waals surface area contributed by atoms with Gasteiger partial charge in [0.15, 0.2) is 5.82 Å². The Kier molecular flexibility index (Phi) is 4.72. The van der Waals surface area contributed by atoms with E-state index in [1.54, 1.807) is 22.9 Å². The molecule has 1 saturated heterocycles. The average Bonchev–Trinajstić information content (AvgIpc) is 3.33. The molecule has 150 valence electrons. The molecule has 0 bridgehead atoms. The highest BCUT2D eigenvalue weighted by atomic mass is 32.1. The summed E-state index contributed by atoms with van der Waals surface area (Å²) in [6.07, 6.45) is 3.46. The SMILES string of the molecule is C[C@H]1[C@@H](c2cc3c(Nc4cc5ncsc5cc4F)c(F)cnc3s2)CCCN1C. The Balaban J connectivity index is 1.57. The highest BCUT2D eigenvalue weighted by Gasteiger charge is 2.29. The first-order valence-electron chi connectivity index (χ1n) is 9.59. The molecule has 0 amide bonds. The number of anilines is 2. The number of likely N-dealkylation sites (tertiary alicyclic amines) is 1. The molecule has 1 aromatic carbocycles. The number of thiophene rings is 1. The van der Waals surface area contributed by atoms with E-state index in [0.717, 1.165) is 28.9 Å². The minimum atomic E-state index is -0.492. The van der Waals surface area contributed by atoms with Crippen LogP contribution in [0.15, 0.2) is 29.9 Å². The van der Waals surface area contributed by atoms with Crippen molar-refractivity contribution < 1.29 is 8.78 Å². The van der Waals surface area contributed by atoms with Crippen molar-refractivity contribution in [2.75, 3.05) is 18.9 Å². The lowest BCUT2D eigenvalue weighted by Gasteiger charge is -2.36. The van der Waals surface area contributed by atoms with E-state index in [1.807, 2.05) is 6.07 Å². The van der Waals surface area contributed by atoms with Crippen LogP contribution < -0.4 is 5.32 Å². The van der Waals surface area contributed by atoms with Gasteiger partial charge in [-0.3, -0.25) is 0 Å². The molecule has 1 N–H and O–H groups in total. The Morgan fingerprint density at radius 2 is 2.03 bits per heavy atom. The molecule has 4 aromatic rings. The molecule has 4 nitrogen and oxygen atoms in total. The van der Waals surface area contributed by atoms with Gasteiger partial charge in [-0.05, 0) is 51.6 Å². The number of hydrogen-bond acceptors (Lipinski definition) is 6. The number of nitrogens with zero attached hydrogens (tertiary/aromatic N) is 3. The maximum Gasteiger partial charge on any atom is 0.165 e. The first-order chi connectivity index (χ1) is 14.0. The van der Waals surface area contributed by atoms with E-state index in [9.17, 15) is 8.78 Å². The molecule has 1 fully saturated rings. The van der Waals surface area contributed by atoms with Crippen LogP contribution in [-0.2, 0) is 0 Å². The predicted molar refractivity (Wildman–Crippen MR) is 117 cm³/mol. The maximum atomic E-state index is 14.7. The summed E-state index contributed by atoms with van der Waals surface area (Å²) in [6.45, 7) is 3.33. The lowest BCUT2D eigenvalue weighted by Crippen LogP contribution is -2.38. The number of aromatic nitrogens is 2. The van der Waals surface area contributed by atoms with Crippen LogP contribution in [0.5, 0.6) is 0 Å².